The number of carboxylic acids is 1. The number of rotatable bonds is 12. The van der Waals surface area contributed by atoms with Crippen LogP contribution in [0.2, 0.25) is 0 Å². The molecular weight excluding hydrogens is 596 g/mol. The maximum Gasteiger partial charge on any atom is 0.328 e. The van der Waals surface area contributed by atoms with Crippen molar-refractivity contribution in [2.24, 2.45) is 0 Å². The Bertz CT molecular complexity index is 1730. The predicted octanol–water partition coefficient (Wildman–Crippen LogP) is 2.77. The number of anilines is 1. The van der Waals surface area contributed by atoms with Gasteiger partial charge in [-0.1, -0.05) is 30.3 Å². The number of carboxylic acid groups (broad SMARTS) is 1. The minimum absolute atomic E-state index is 0.0396. The highest BCUT2D eigenvalue weighted by molar-refractivity contribution is 6.35. The topological polar surface area (TPSA) is 193 Å². The number of carbonyl (C=O) groups is 6. The molecule has 1 aliphatic heterocycles. The van der Waals surface area contributed by atoms with E-state index in [1.165, 1.54) is 19.2 Å². The quantitative estimate of drug-likeness (QED) is 0.148. The molecule has 0 saturated heterocycles. The van der Waals surface area contributed by atoms with Crippen LogP contribution in [0.3, 0.4) is 0 Å². The molecule has 2 heterocycles. The molecule has 5 N–H and O–H groups in total. The number of fused-ring (bicyclic) bond motifs is 1. The molecule has 0 radical (unpaired) electrons. The number of ether oxygens (including phenoxy) is 2. The number of aromatic nitrogens is 1. The summed E-state index contributed by atoms with van der Waals surface area (Å²) >= 11 is 0. The number of hydrogen-bond acceptors (Lipinski definition) is 8. The zero-order valence-corrected chi connectivity index (χ0v) is 25.7. The number of benzene rings is 2. The predicted molar refractivity (Wildman–Crippen MR) is 167 cm³/mol. The second-order valence-electron chi connectivity index (χ2n) is 10.7. The molecule has 46 heavy (non-hydrogen) atoms. The number of carbonyl (C=O) groups excluding carboxylic acids is 5. The van der Waals surface area contributed by atoms with E-state index in [0.29, 0.717) is 28.2 Å². The van der Waals surface area contributed by atoms with Gasteiger partial charge in [-0.25, -0.2) is 9.59 Å². The third kappa shape index (κ3) is 7.49. The number of H-pyrrole nitrogens is 1. The summed E-state index contributed by atoms with van der Waals surface area (Å²) in [6.07, 6.45) is 1.49. The lowest BCUT2D eigenvalue weighted by Crippen LogP contribution is -2.42. The van der Waals surface area contributed by atoms with Crippen LogP contribution in [0.4, 0.5) is 5.69 Å². The zero-order valence-electron chi connectivity index (χ0n) is 25.7. The molecule has 240 valence electrons. The van der Waals surface area contributed by atoms with Crippen LogP contribution in [0.15, 0.2) is 48.5 Å². The molecular formula is C33H34N4O9. The van der Waals surface area contributed by atoms with Gasteiger partial charge in [0.25, 0.3) is 17.7 Å². The highest BCUT2D eigenvalue weighted by Gasteiger charge is 2.29. The molecule has 0 fully saturated rings. The minimum atomic E-state index is -1.18. The number of aliphatic carboxylic acids is 1. The van der Waals surface area contributed by atoms with Gasteiger partial charge in [-0.15, -0.1) is 0 Å². The smallest absolute Gasteiger partial charge is 0.328 e. The molecule has 2 aromatic carbocycles. The van der Waals surface area contributed by atoms with Crippen LogP contribution in [0.5, 0.6) is 0 Å². The van der Waals surface area contributed by atoms with Crippen molar-refractivity contribution in [2.75, 3.05) is 19.5 Å². The van der Waals surface area contributed by atoms with Gasteiger partial charge in [0.2, 0.25) is 0 Å². The molecule has 1 aromatic heterocycles. The number of methoxy groups -OCH3 is 2. The van der Waals surface area contributed by atoms with Crippen LogP contribution in [0, 0.1) is 13.8 Å². The Morgan fingerprint density at radius 3 is 2.28 bits per heavy atom. The van der Waals surface area contributed by atoms with Gasteiger partial charge >= 0.3 is 17.9 Å². The van der Waals surface area contributed by atoms with E-state index in [9.17, 15) is 33.9 Å². The third-order valence-corrected chi connectivity index (χ3v) is 7.60. The second kappa shape index (κ2) is 14.4. The molecule has 13 nitrogen and oxygen atoms in total. The molecule has 0 aliphatic carbocycles. The molecule has 0 unspecified atom stereocenters. The Kier molecular flexibility index (Phi) is 10.4. The lowest BCUT2D eigenvalue weighted by Gasteiger charge is -2.16. The van der Waals surface area contributed by atoms with Crippen molar-refractivity contribution >= 4 is 53.0 Å². The summed E-state index contributed by atoms with van der Waals surface area (Å²) in [5, 5.41) is 17.7. The Hall–Kier alpha value is -5.72. The number of amides is 3. The highest BCUT2D eigenvalue weighted by atomic mass is 16.5. The Morgan fingerprint density at radius 2 is 1.63 bits per heavy atom. The first kappa shape index (κ1) is 33.2. The normalized spacial score (nSPS) is 14.1. The maximum absolute atomic E-state index is 13.3. The van der Waals surface area contributed by atoms with Gasteiger partial charge in [0, 0.05) is 41.0 Å². The first-order valence-corrected chi connectivity index (χ1v) is 14.3. The molecule has 3 aromatic rings. The van der Waals surface area contributed by atoms with E-state index in [1.54, 1.807) is 50.3 Å². The summed E-state index contributed by atoms with van der Waals surface area (Å²) < 4.78 is 9.36. The van der Waals surface area contributed by atoms with Crippen LogP contribution in [-0.2, 0) is 35.1 Å². The fourth-order valence-corrected chi connectivity index (χ4v) is 5.15. The summed E-state index contributed by atoms with van der Waals surface area (Å²) in [6.45, 7) is 3.34. The van der Waals surface area contributed by atoms with Gasteiger partial charge in [0.1, 0.15) is 12.1 Å². The minimum Gasteiger partial charge on any atom is -0.480 e. The Labute approximate surface area is 264 Å². The highest BCUT2D eigenvalue weighted by Crippen LogP contribution is 2.35. The lowest BCUT2D eigenvalue weighted by molar-refractivity contribution is -0.144. The van der Waals surface area contributed by atoms with E-state index in [-0.39, 0.29) is 36.0 Å². The SMILES string of the molecule is COC(=O)CC[C@H](NC(=O)c1ccc2c(c1)/C(=C/c1[nH]c(C)c(C(=O)N[C@H](Cc3ccccc3)C(=O)O)c1C)C(=O)N2)C(=O)OC. The molecule has 0 spiro atoms. The molecule has 13 heteroatoms. The number of hydrogen-bond donors (Lipinski definition) is 5. The van der Waals surface area contributed by atoms with E-state index >= 15 is 0 Å². The van der Waals surface area contributed by atoms with Gasteiger partial charge in [-0.2, -0.15) is 0 Å². The van der Waals surface area contributed by atoms with Gasteiger partial charge in [-0.3, -0.25) is 19.2 Å². The summed E-state index contributed by atoms with van der Waals surface area (Å²) in [5.74, 6) is -4.11. The van der Waals surface area contributed by atoms with E-state index in [4.69, 9.17) is 4.74 Å². The van der Waals surface area contributed by atoms with Gasteiger partial charge in [0.15, 0.2) is 0 Å². The van der Waals surface area contributed by atoms with E-state index in [2.05, 4.69) is 25.7 Å². The fourth-order valence-electron chi connectivity index (χ4n) is 5.15. The van der Waals surface area contributed by atoms with E-state index in [1.807, 2.05) is 6.07 Å². The first-order chi connectivity index (χ1) is 21.9. The van der Waals surface area contributed by atoms with Crippen molar-refractivity contribution in [3.63, 3.8) is 0 Å². The van der Waals surface area contributed by atoms with Crippen LogP contribution in [-0.4, -0.2) is 72.0 Å². The molecule has 0 bridgehead atoms. The molecule has 1 aliphatic rings. The molecule has 2 atom stereocenters. The Morgan fingerprint density at radius 1 is 0.935 bits per heavy atom. The van der Waals surface area contributed by atoms with Crippen molar-refractivity contribution in [1.82, 2.24) is 15.6 Å². The van der Waals surface area contributed by atoms with Gasteiger partial charge < -0.3 is 35.5 Å². The number of aromatic amines is 1. The summed E-state index contributed by atoms with van der Waals surface area (Å²) in [4.78, 5) is 78.2. The van der Waals surface area contributed by atoms with Crippen molar-refractivity contribution in [1.29, 1.82) is 0 Å². The summed E-state index contributed by atoms with van der Waals surface area (Å²) in [7, 11) is 2.38. The molecule has 0 saturated carbocycles. The zero-order chi connectivity index (χ0) is 33.5. The van der Waals surface area contributed by atoms with Gasteiger partial charge in [-0.05, 0) is 55.7 Å². The maximum atomic E-state index is 13.3. The van der Waals surface area contributed by atoms with E-state index in [0.717, 1.165) is 12.7 Å². The third-order valence-electron chi connectivity index (χ3n) is 7.60. The van der Waals surface area contributed by atoms with Crippen LogP contribution in [0.1, 0.15) is 61.6 Å². The average Bonchev–Trinajstić information content (AvgIpc) is 3.51. The van der Waals surface area contributed by atoms with Crippen LogP contribution in [0.25, 0.3) is 11.6 Å². The van der Waals surface area contributed by atoms with Gasteiger partial charge in [0.05, 0.1) is 25.4 Å². The molecule has 4 rings (SSSR count). The van der Waals surface area contributed by atoms with E-state index < -0.39 is 47.7 Å². The fraction of sp³-hybridized carbons (Fsp3) is 0.273. The molecule has 3 amide bonds. The van der Waals surface area contributed by atoms with Crippen LogP contribution >= 0.6 is 0 Å². The summed E-state index contributed by atoms with van der Waals surface area (Å²) in [5.41, 5.74) is 3.63. The van der Waals surface area contributed by atoms with Crippen molar-refractivity contribution in [3.8, 4) is 0 Å². The second-order valence-corrected chi connectivity index (χ2v) is 10.7. The van der Waals surface area contributed by atoms with Crippen molar-refractivity contribution < 1.29 is 43.3 Å². The first-order valence-electron chi connectivity index (χ1n) is 14.3. The average molecular weight is 631 g/mol. The largest absolute Gasteiger partial charge is 0.480 e. The number of nitrogens with one attached hydrogen (secondary N) is 4. The lowest BCUT2D eigenvalue weighted by atomic mass is 10.0. The van der Waals surface area contributed by atoms with Crippen LogP contribution < -0.4 is 16.0 Å². The van der Waals surface area contributed by atoms with Crippen molar-refractivity contribution in [2.45, 2.75) is 45.2 Å². The summed E-state index contributed by atoms with van der Waals surface area (Å²) in [6, 6.07) is 11.2. The monoisotopic (exact) mass is 630 g/mol. The number of aryl methyl sites for hydroxylation is 1. The van der Waals surface area contributed by atoms with Crippen molar-refractivity contribution in [3.05, 3.63) is 87.7 Å². The Balaban J connectivity index is 1.58. The number of esters is 2. The standard InChI is InChI=1S/C33H34N4O9/c1-17-25(34-18(2)28(17)31(41)37-26(32(42)43)14-19-8-6-5-7-9-19)16-22-21-15-20(10-11-23(21)35-30(22)40)29(39)36-24(33(44)46-4)12-13-27(38)45-3/h5-11,15-16,24,26,34H,12-14H2,1-4H3,(H,35,40)(H,36,39)(H,37,41)(H,42,43)/b22-16-/t24-,26+/m0/s1.